The molecule has 1 fully saturated rings. The first-order valence-corrected chi connectivity index (χ1v) is 8.63. The zero-order valence-corrected chi connectivity index (χ0v) is 14.3. The summed E-state index contributed by atoms with van der Waals surface area (Å²) < 4.78 is 0. The number of carbonyl (C=O) groups is 1. The molecule has 6 N–H and O–H groups in total. The van der Waals surface area contributed by atoms with Crippen LogP contribution >= 0.6 is 0 Å². The summed E-state index contributed by atoms with van der Waals surface area (Å²) in [5.41, 5.74) is -6.07. The van der Waals surface area contributed by atoms with Crippen LogP contribution in [0, 0.1) is 5.92 Å². The number of aliphatic hydroxyl groups is 5. The predicted molar refractivity (Wildman–Crippen MR) is 89.4 cm³/mol. The molecule has 0 bridgehead atoms. The second-order valence-electron chi connectivity index (χ2n) is 7.92. The lowest BCUT2D eigenvalue weighted by Crippen LogP contribution is -2.77. The molecule has 1 aromatic rings. The molecule has 4 rings (SSSR count). The number of Topliss-reactive ketones (excluding diaryl/α,β-unsaturated/α-hetero) is 1. The number of benzene rings is 1. The monoisotopic (exact) mass is 362 g/mol. The Morgan fingerprint density at radius 1 is 1.12 bits per heavy atom. The lowest BCUT2D eigenvalue weighted by molar-refractivity contribution is -0.291. The molecule has 0 amide bonds. The fourth-order valence-electron chi connectivity index (χ4n) is 5.29. The maximum absolute atomic E-state index is 13.0. The Hall–Kier alpha value is -1.77. The van der Waals surface area contributed by atoms with Gasteiger partial charge in [-0.25, -0.2) is 0 Å². The Morgan fingerprint density at radius 3 is 2.50 bits per heavy atom. The molecule has 140 valence electrons. The number of aliphatic hydroxyl groups excluding tert-OH is 2. The van der Waals surface area contributed by atoms with E-state index in [1.165, 1.54) is 24.3 Å². The summed E-state index contributed by atoms with van der Waals surface area (Å²) in [6.45, 7) is 1.73. The van der Waals surface area contributed by atoms with Crippen molar-refractivity contribution in [1.29, 1.82) is 0 Å². The number of carbonyl (C=O) groups excluding carboxylic acids is 1. The van der Waals surface area contributed by atoms with Crippen molar-refractivity contribution in [3.63, 3.8) is 0 Å². The van der Waals surface area contributed by atoms with Crippen LogP contribution in [0.2, 0.25) is 0 Å². The van der Waals surface area contributed by atoms with Crippen molar-refractivity contribution in [3.05, 3.63) is 41.0 Å². The normalized spacial score (nSPS) is 44.6. The Bertz CT molecular complexity index is 833. The Kier molecular flexibility index (Phi) is 3.49. The van der Waals surface area contributed by atoms with E-state index in [-0.39, 0.29) is 30.4 Å². The molecule has 26 heavy (non-hydrogen) atoms. The zero-order valence-electron chi connectivity index (χ0n) is 14.3. The van der Waals surface area contributed by atoms with Crippen LogP contribution in [-0.2, 0) is 0 Å². The molecule has 3 aliphatic carbocycles. The standard InChI is InChI=1S/C19H22O7/c1-9-7-12(21)14-17(24,8-9)5-6-18(25)16(23)13-10(3-2-4-11(13)20)15(22)19(14,18)26/h2-4,7,12,14-15,20-22,24-26H,5-6,8H2,1H3/t12-,14+,15+,17+,18+,19+/m1/s1. The van der Waals surface area contributed by atoms with Crippen LogP contribution < -0.4 is 0 Å². The molecule has 1 saturated carbocycles. The molecule has 0 saturated heterocycles. The second-order valence-corrected chi connectivity index (χ2v) is 7.92. The van der Waals surface area contributed by atoms with Crippen LogP contribution in [0.25, 0.3) is 0 Å². The van der Waals surface area contributed by atoms with E-state index in [4.69, 9.17) is 0 Å². The van der Waals surface area contributed by atoms with E-state index in [2.05, 4.69) is 0 Å². The molecule has 0 spiro atoms. The summed E-state index contributed by atoms with van der Waals surface area (Å²) in [7, 11) is 0. The molecule has 0 radical (unpaired) electrons. The quantitative estimate of drug-likeness (QED) is 0.355. The number of phenolic OH excluding ortho intramolecular Hbond substituents is 1. The average Bonchev–Trinajstić information content (AvgIpc) is 2.55. The van der Waals surface area contributed by atoms with Crippen LogP contribution in [0.4, 0.5) is 0 Å². The summed E-state index contributed by atoms with van der Waals surface area (Å²) in [6.07, 6.45) is -1.86. The minimum absolute atomic E-state index is 0.0371. The highest BCUT2D eigenvalue weighted by Gasteiger charge is 2.73. The highest BCUT2D eigenvalue weighted by Crippen LogP contribution is 2.60. The van der Waals surface area contributed by atoms with Gasteiger partial charge in [-0.05, 0) is 37.8 Å². The minimum atomic E-state index is -2.51. The maximum atomic E-state index is 13.0. The van der Waals surface area contributed by atoms with Gasteiger partial charge in [-0.1, -0.05) is 23.8 Å². The van der Waals surface area contributed by atoms with E-state index in [9.17, 15) is 35.4 Å². The SMILES string of the molecule is CC1=C[C@@H](O)[C@H]2[C@](O)(CC[C@]3(O)C(=O)c4c(O)cccc4[C@H](O)[C@@]23O)C1. The fourth-order valence-corrected chi connectivity index (χ4v) is 5.29. The van der Waals surface area contributed by atoms with Gasteiger partial charge in [0.25, 0.3) is 0 Å². The van der Waals surface area contributed by atoms with Crippen LogP contribution in [0.1, 0.15) is 48.2 Å². The molecular weight excluding hydrogens is 340 g/mol. The van der Waals surface area contributed by atoms with Crippen LogP contribution in [-0.4, -0.2) is 59.3 Å². The highest BCUT2D eigenvalue weighted by molar-refractivity contribution is 6.08. The van der Waals surface area contributed by atoms with E-state index in [0.717, 1.165) is 5.57 Å². The molecule has 0 aliphatic heterocycles. The van der Waals surface area contributed by atoms with Crippen LogP contribution in [0.3, 0.4) is 0 Å². The van der Waals surface area contributed by atoms with Gasteiger partial charge in [0.15, 0.2) is 5.60 Å². The molecular formula is C19H22O7. The van der Waals surface area contributed by atoms with Crippen molar-refractivity contribution in [2.75, 3.05) is 0 Å². The van der Waals surface area contributed by atoms with Crippen molar-refractivity contribution in [2.24, 2.45) is 5.92 Å². The second kappa shape index (κ2) is 5.15. The highest BCUT2D eigenvalue weighted by atomic mass is 16.4. The van der Waals surface area contributed by atoms with Crippen LogP contribution in [0.15, 0.2) is 29.8 Å². The van der Waals surface area contributed by atoms with Gasteiger partial charge in [0.2, 0.25) is 5.78 Å². The van der Waals surface area contributed by atoms with E-state index in [1.54, 1.807) is 6.92 Å². The first-order valence-electron chi connectivity index (χ1n) is 8.63. The first kappa shape index (κ1) is 17.6. The van der Waals surface area contributed by atoms with Crippen molar-refractivity contribution >= 4 is 5.78 Å². The van der Waals surface area contributed by atoms with Gasteiger partial charge in [-0.2, -0.15) is 0 Å². The Balaban J connectivity index is 1.99. The van der Waals surface area contributed by atoms with Crippen molar-refractivity contribution in [1.82, 2.24) is 0 Å². The minimum Gasteiger partial charge on any atom is -0.507 e. The number of fused-ring (bicyclic) bond motifs is 4. The topological polar surface area (TPSA) is 138 Å². The molecule has 7 heteroatoms. The summed E-state index contributed by atoms with van der Waals surface area (Å²) in [5, 5.41) is 65.4. The third-order valence-corrected chi connectivity index (χ3v) is 6.41. The third-order valence-electron chi connectivity index (χ3n) is 6.41. The van der Waals surface area contributed by atoms with Gasteiger partial charge >= 0.3 is 0 Å². The van der Waals surface area contributed by atoms with Gasteiger partial charge in [0, 0.05) is 0 Å². The van der Waals surface area contributed by atoms with Gasteiger partial charge < -0.3 is 30.6 Å². The molecule has 7 nitrogen and oxygen atoms in total. The lowest BCUT2D eigenvalue weighted by Gasteiger charge is -2.61. The number of hydrogen-bond acceptors (Lipinski definition) is 7. The van der Waals surface area contributed by atoms with E-state index < -0.39 is 46.5 Å². The molecule has 6 atom stereocenters. The molecule has 0 aromatic heterocycles. The average molecular weight is 362 g/mol. The van der Waals surface area contributed by atoms with E-state index >= 15 is 0 Å². The largest absolute Gasteiger partial charge is 0.507 e. The molecule has 1 aromatic carbocycles. The number of aromatic hydroxyl groups is 1. The summed E-state index contributed by atoms with van der Waals surface area (Å²) in [6, 6.07) is 4.05. The lowest BCUT2D eigenvalue weighted by atomic mass is 9.49. The predicted octanol–water partition coefficient (Wildman–Crippen LogP) is -0.0639. The fraction of sp³-hybridized carbons (Fsp3) is 0.526. The molecule has 0 heterocycles. The van der Waals surface area contributed by atoms with Gasteiger partial charge in [0.05, 0.1) is 23.2 Å². The van der Waals surface area contributed by atoms with Crippen molar-refractivity contribution in [2.45, 2.75) is 55.2 Å². The summed E-state index contributed by atoms with van der Waals surface area (Å²) >= 11 is 0. The molecule has 3 aliphatic rings. The maximum Gasteiger partial charge on any atom is 0.201 e. The Morgan fingerprint density at radius 2 is 1.81 bits per heavy atom. The zero-order chi connectivity index (χ0) is 19.1. The van der Waals surface area contributed by atoms with Crippen LogP contribution in [0.5, 0.6) is 5.75 Å². The summed E-state index contributed by atoms with van der Waals surface area (Å²) in [4.78, 5) is 13.0. The van der Waals surface area contributed by atoms with Gasteiger partial charge in [-0.3, -0.25) is 4.79 Å². The van der Waals surface area contributed by atoms with Crippen molar-refractivity contribution < 1.29 is 35.4 Å². The van der Waals surface area contributed by atoms with E-state index in [0.29, 0.717) is 0 Å². The smallest absolute Gasteiger partial charge is 0.201 e. The Labute approximate surface area is 149 Å². The third kappa shape index (κ3) is 1.87. The number of hydrogen-bond donors (Lipinski definition) is 6. The number of ketones is 1. The number of phenols is 1. The first-order chi connectivity index (χ1) is 12.1. The van der Waals surface area contributed by atoms with Crippen molar-refractivity contribution in [3.8, 4) is 5.75 Å². The summed E-state index contributed by atoms with van der Waals surface area (Å²) in [5.74, 6) is -2.69. The van der Waals surface area contributed by atoms with Gasteiger partial charge in [-0.15, -0.1) is 0 Å². The molecule has 0 unspecified atom stereocenters. The van der Waals surface area contributed by atoms with E-state index in [1.807, 2.05) is 0 Å². The number of rotatable bonds is 0. The van der Waals surface area contributed by atoms with Gasteiger partial charge in [0.1, 0.15) is 17.5 Å².